The summed E-state index contributed by atoms with van der Waals surface area (Å²) in [5, 5.41) is 3.11. The molecule has 0 spiro atoms. The number of nitrogens with one attached hydrogen (secondary N) is 1. The second-order valence-electron chi connectivity index (χ2n) is 4.11. The van der Waals surface area contributed by atoms with Crippen molar-refractivity contribution in [3.8, 4) is 0 Å². The molecular formula is C12H26N2. The van der Waals surface area contributed by atoms with E-state index in [9.17, 15) is 0 Å². The van der Waals surface area contributed by atoms with E-state index in [4.69, 9.17) is 5.73 Å². The minimum absolute atomic E-state index is 0.134. The zero-order valence-electron chi connectivity index (χ0n) is 10.1. The zero-order valence-corrected chi connectivity index (χ0v) is 10.1. The highest BCUT2D eigenvalue weighted by molar-refractivity contribution is 4.81. The maximum Gasteiger partial charge on any atom is 0.0570 e. The van der Waals surface area contributed by atoms with Crippen molar-refractivity contribution < 1.29 is 0 Å². The molecule has 0 aromatic rings. The molecule has 0 aromatic heterocycles. The predicted octanol–water partition coefficient (Wildman–Crippen LogP) is 2.51. The maximum atomic E-state index is 5.92. The Morgan fingerprint density at radius 3 is 2.50 bits per heavy atom. The summed E-state index contributed by atoms with van der Waals surface area (Å²) in [4.78, 5) is 0. The molecule has 0 aliphatic heterocycles. The molecule has 14 heavy (non-hydrogen) atoms. The molecule has 0 saturated carbocycles. The molecular weight excluding hydrogens is 172 g/mol. The third-order valence-corrected chi connectivity index (χ3v) is 2.93. The smallest absolute Gasteiger partial charge is 0.0570 e. The number of nitrogens with two attached hydrogens (primary N) is 1. The first kappa shape index (κ1) is 13.7. The summed E-state index contributed by atoms with van der Waals surface area (Å²) < 4.78 is 0. The second-order valence-corrected chi connectivity index (χ2v) is 4.11. The Bertz CT molecular complexity index is 154. The van der Waals surface area contributed by atoms with Crippen LogP contribution in [0, 0.1) is 11.8 Å². The highest BCUT2D eigenvalue weighted by Gasteiger charge is 2.15. The van der Waals surface area contributed by atoms with E-state index >= 15 is 0 Å². The third kappa shape index (κ3) is 5.40. The lowest BCUT2D eigenvalue weighted by molar-refractivity contribution is 0.315. The fourth-order valence-corrected chi connectivity index (χ4v) is 1.72. The van der Waals surface area contributed by atoms with E-state index in [0.29, 0.717) is 5.92 Å². The predicted molar refractivity (Wildman–Crippen MR) is 64.0 cm³/mol. The van der Waals surface area contributed by atoms with Crippen molar-refractivity contribution >= 4 is 0 Å². The number of hydrogen-bond donors (Lipinski definition) is 2. The molecule has 0 amide bonds. The minimum Gasteiger partial charge on any atom is -0.316 e. The summed E-state index contributed by atoms with van der Waals surface area (Å²) in [5.74, 6) is 1.33. The molecule has 3 unspecified atom stereocenters. The Morgan fingerprint density at radius 1 is 1.43 bits per heavy atom. The minimum atomic E-state index is 0.134. The van der Waals surface area contributed by atoms with Crippen LogP contribution in [0.5, 0.6) is 0 Å². The van der Waals surface area contributed by atoms with Crippen molar-refractivity contribution in [1.29, 1.82) is 0 Å². The van der Waals surface area contributed by atoms with Crippen LogP contribution in [0.2, 0.25) is 0 Å². The van der Waals surface area contributed by atoms with Gasteiger partial charge in [-0.15, -0.1) is 0 Å². The molecule has 0 saturated heterocycles. The van der Waals surface area contributed by atoms with Gasteiger partial charge in [0.05, 0.1) is 6.17 Å². The van der Waals surface area contributed by atoms with Gasteiger partial charge in [-0.05, 0) is 38.6 Å². The Balaban J connectivity index is 3.90. The molecule has 0 bridgehead atoms. The van der Waals surface area contributed by atoms with E-state index in [1.54, 1.807) is 0 Å². The lowest BCUT2D eigenvalue weighted by Crippen LogP contribution is -2.41. The number of rotatable bonds is 7. The van der Waals surface area contributed by atoms with Crippen molar-refractivity contribution in [3.05, 3.63) is 12.2 Å². The molecule has 0 aliphatic carbocycles. The first-order chi connectivity index (χ1) is 6.65. The zero-order chi connectivity index (χ0) is 11.0. The summed E-state index contributed by atoms with van der Waals surface area (Å²) in [6.07, 6.45) is 8.16. The van der Waals surface area contributed by atoms with Crippen LogP contribution in [0.15, 0.2) is 12.2 Å². The van der Waals surface area contributed by atoms with Gasteiger partial charge in [0.2, 0.25) is 0 Å². The summed E-state index contributed by atoms with van der Waals surface area (Å²) in [6.45, 7) is 6.56. The molecule has 0 aliphatic rings. The molecule has 84 valence electrons. The molecule has 2 nitrogen and oxygen atoms in total. The van der Waals surface area contributed by atoms with Gasteiger partial charge >= 0.3 is 0 Å². The van der Waals surface area contributed by atoms with Crippen LogP contribution in [0.1, 0.15) is 40.0 Å². The topological polar surface area (TPSA) is 38.0 Å². The van der Waals surface area contributed by atoms with Crippen LogP contribution >= 0.6 is 0 Å². The van der Waals surface area contributed by atoms with Crippen LogP contribution in [0.25, 0.3) is 0 Å². The largest absolute Gasteiger partial charge is 0.316 e. The fraction of sp³-hybridized carbons (Fsp3) is 0.833. The van der Waals surface area contributed by atoms with E-state index in [1.165, 1.54) is 19.3 Å². The van der Waals surface area contributed by atoms with E-state index < -0.39 is 0 Å². The SMILES string of the molecule is CC=CCC(CC)CC(C)C(N)NC. The van der Waals surface area contributed by atoms with Crippen molar-refractivity contribution in [3.63, 3.8) is 0 Å². The fourth-order valence-electron chi connectivity index (χ4n) is 1.72. The average Bonchev–Trinajstić information content (AvgIpc) is 2.22. The molecule has 0 aromatic carbocycles. The van der Waals surface area contributed by atoms with E-state index in [0.717, 1.165) is 5.92 Å². The van der Waals surface area contributed by atoms with Crippen molar-refractivity contribution in [2.24, 2.45) is 17.6 Å². The molecule has 2 heteroatoms. The van der Waals surface area contributed by atoms with Crippen LogP contribution in [-0.4, -0.2) is 13.2 Å². The second kappa shape index (κ2) is 8.01. The van der Waals surface area contributed by atoms with Crippen LogP contribution in [0.3, 0.4) is 0 Å². The maximum absolute atomic E-state index is 5.92. The van der Waals surface area contributed by atoms with E-state index in [2.05, 4.69) is 38.2 Å². The molecule has 0 radical (unpaired) electrons. The van der Waals surface area contributed by atoms with Gasteiger partial charge in [0.15, 0.2) is 0 Å². The summed E-state index contributed by atoms with van der Waals surface area (Å²) in [5.41, 5.74) is 5.92. The molecule has 3 N–H and O–H groups in total. The van der Waals surface area contributed by atoms with Gasteiger partial charge < -0.3 is 11.1 Å². The average molecular weight is 198 g/mol. The first-order valence-electron chi connectivity index (χ1n) is 5.69. The van der Waals surface area contributed by atoms with Gasteiger partial charge in [0, 0.05) is 0 Å². The highest BCUT2D eigenvalue weighted by Crippen LogP contribution is 2.20. The lowest BCUT2D eigenvalue weighted by Gasteiger charge is -2.23. The van der Waals surface area contributed by atoms with Gasteiger partial charge in [-0.3, -0.25) is 0 Å². The quantitative estimate of drug-likeness (QED) is 0.487. The molecule has 0 fully saturated rings. The summed E-state index contributed by atoms with van der Waals surface area (Å²) >= 11 is 0. The summed E-state index contributed by atoms with van der Waals surface area (Å²) in [6, 6.07) is 0. The Kier molecular flexibility index (Phi) is 7.81. The molecule has 0 rings (SSSR count). The number of allylic oxidation sites excluding steroid dienone is 2. The van der Waals surface area contributed by atoms with Crippen LogP contribution < -0.4 is 11.1 Å². The van der Waals surface area contributed by atoms with Gasteiger partial charge in [0.1, 0.15) is 0 Å². The van der Waals surface area contributed by atoms with Crippen LogP contribution in [-0.2, 0) is 0 Å². The van der Waals surface area contributed by atoms with Crippen molar-refractivity contribution in [1.82, 2.24) is 5.32 Å². The van der Waals surface area contributed by atoms with Crippen molar-refractivity contribution in [2.75, 3.05) is 7.05 Å². The van der Waals surface area contributed by atoms with Crippen molar-refractivity contribution in [2.45, 2.75) is 46.2 Å². The van der Waals surface area contributed by atoms with E-state index in [-0.39, 0.29) is 6.17 Å². The normalized spacial score (nSPS) is 18.4. The molecule has 3 atom stereocenters. The Hall–Kier alpha value is -0.340. The van der Waals surface area contributed by atoms with Crippen LogP contribution in [0.4, 0.5) is 0 Å². The Labute approximate surface area is 89.0 Å². The highest BCUT2D eigenvalue weighted by atomic mass is 15.0. The lowest BCUT2D eigenvalue weighted by atomic mass is 9.89. The third-order valence-electron chi connectivity index (χ3n) is 2.93. The standard InChI is InChI=1S/C12H26N2/c1-5-7-8-11(6-2)9-10(3)12(13)14-4/h5,7,10-12,14H,6,8-9,13H2,1-4H3. The monoisotopic (exact) mass is 198 g/mol. The van der Waals surface area contributed by atoms with E-state index in [1.807, 2.05) is 7.05 Å². The first-order valence-corrected chi connectivity index (χ1v) is 5.69. The van der Waals surface area contributed by atoms with Gasteiger partial charge in [-0.1, -0.05) is 32.4 Å². The van der Waals surface area contributed by atoms with Gasteiger partial charge in [0.25, 0.3) is 0 Å². The Morgan fingerprint density at radius 2 is 2.07 bits per heavy atom. The number of hydrogen-bond acceptors (Lipinski definition) is 2. The van der Waals surface area contributed by atoms with Gasteiger partial charge in [-0.2, -0.15) is 0 Å². The summed E-state index contributed by atoms with van der Waals surface area (Å²) in [7, 11) is 1.92. The van der Waals surface area contributed by atoms with Gasteiger partial charge in [-0.25, -0.2) is 0 Å². The molecule has 0 heterocycles.